The third-order valence-corrected chi connectivity index (χ3v) is 3.50. The number of halogens is 1. The van der Waals surface area contributed by atoms with Crippen LogP contribution in [0, 0.1) is 0 Å². The third kappa shape index (κ3) is 5.73. The summed E-state index contributed by atoms with van der Waals surface area (Å²) in [5.74, 6) is 1.43. The van der Waals surface area contributed by atoms with E-state index in [0.29, 0.717) is 37.4 Å². The Hall–Kier alpha value is -1.46. The van der Waals surface area contributed by atoms with E-state index in [-0.39, 0.29) is 23.7 Å². The molecule has 1 amide bonds. The van der Waals surface area contributed by atoms with E-state index in [9.17, 15) is 4.79 Å². The Balaban J connectivity index is 0.00000441. The molecule has 0 fully saturated rings. The summed E-state index contributed by atoms with van der Waals surface area (Å²) in [6, 6.07) is 5.82. The van der Waals surface area contributed by atoms with Gasteiger partial charge in [-0.1, -0.05) is 19.9 Å². The van der Waals surface area contributed by atoms with Crippen LogP contribution < -0.4 is 20.5 Å². The van der Waals surface area contributed by atoms with Crippen LogP contribution in [0.1, 0.15) is 32.3 Å². The van der Waals surface area contributed by atoms with Crippen molar-refractivity contribution in [1.82, 2.24) is 5.32 Å². The molecule has 0 bridgehead atoms. The van der Waals surface area contributed by atoms with Crippen molar-refractivity contribution < 1.29 is 14.3 Å². The van der Waals surface area contributed by atoms with Gasteiger partial charge >= 0.3 is 0 Å². The van der Waals surface area contributed by atoms with Gasteiger partial charge in [0.05, 0.1) is 14.2 Å². The van der Waals surface area contributed by atoms with Crippen molar-refractivity contribution in [2.45, 2.75) is 32.1 Å². The monoisotopic (exact) mass is 330 g/mol. The summed E-state index contributed by atoms with van der Waals surface area (Å²) in [6.07, 6.45) is 1.18. The highest BCUT2D eigenvalue weighted by Gasteiger charge is 2.23. The first-order valence-electron chi connectivity index (χ1n) is 7.14. The standard InChI is InChI=1S/C16H26N2O3.ClH/c1-16(2,11-18-15(19)6-5-9-17)12-7-8-13(20-3)14(10-12)21-4;/h7-8,10H,5-6,9,11,17H2,1-4H3,(H,18,19);1H. The van der Waals surface area contributed by atoms with Gasteiger partial charge in [-0.05, 0) is 30.7 Å². The fourth-order valence-corrected chi connectivity index (χ4v) is 2.03. The molecule has 6 heteroatoms. The number of methoxy groups -OCH3 is 2. The van der Waals surface area contributed by atoms with Gasteiger partial charge in [0.25, 0.3) is 0 Å². The second kappa shape index (κ2) is 9.54. The van der Waals surface area contributed by atoms with Crippen LogP contribution in [0.25, 0.3) is 0 Å². The normalized spacial score (nSPS) is 10.6. The van der Waals surface area contributed by atoms with Gasteiger partial charge in [-0.2, -0.15) is 0 Å². The summed E-state index contributed by atoms with van der Waals surface area (Å²) >= 11 is 0. The van der Waals surface area contributed by atoms with E-state index in [1.165, 1.54) is 0 Å². The molecule has 0 aliphatic heterocycles. The number of rotatable bonds is 8. The van der Waals surface area contributed by atoms with Crippen molar-refractivity contribution in [3.63, 3.8) is 0 Å². The number of hydrogen-bond acceptors (Lipinski definition) is 4. The zero-order valence-electron chi connectivity index (χ0n) is 13.8. The Morgan fingerprint density at radius 3 is 2.41 bits per heavy atom. The molecule has 0 unspecified atom stereocenters. The molecule has 1 rings (SSSR count). The van der Waals surface area contributed by atoms with Gasteiger partial charge in [0.1, 0.15) is 0 Å². The third-order valence-electron chi connectivity index (χ3n) is 3.50. The van der Waals surface area contributed by atoms with Crippen LogP contribution in [0.15, 0.2) is 18.2 Å². The Morgan fingerprint density at radius 2 is 1.86 bits per heavy atom. The van der Waals surface area contributed by atoms with Crippen molar-refractivity contribution in [2.24, 2.45) is 5.73 Å². The molecular weight excluding hydrogens is 304 g/mol. The first kappa shape index (κ1) is 20.5. The van der Waals surface area contributed by atoms with Gasteiger partial charge in [-0.3, -0.25) is 4.79 Å². The fourth-order valence-electron chi connectivity index (χ4n) is 2.03. The van der Waals surface area contributed by atoms with Crippen LogP contribution in [0.2, 0.25) is 0 Å². The highest BCUT2D eigenvalue weighted by Crippen LogP contribution is 2.32. The summed E-state index contributed by atoms with van der Waals surface area (Å²) in [5.41, 5.74) is 6.29. The topological polar surface area (TPSA) is 73.6 Å². The molecule has 0 atom stereocenters. The number of ether oxygens (including phenoxy) is 2. The minimum absolute atomic E-state index is 0. The van der Waals surface area contributed by atoms with Crippen molar-refractivity contribution in [1.29, 1.82) is 0 Å². The lowest BCUT2D eigenvalue weighted by atomic mass is 9.84. The molecule has 0 heterocycles. The Bertz CT molecular complexity index is 478. The van der Waals surface area contributed by atoms with Crippen molar-refractivity contribution in [3.05, 3.63) is 23.8 Å². The number of nitrogens with one attached hydrogen (secondary N) is 1. The van der Waals surface area contributed by atoms with Crippen LogP contribution in [-0.4, -0.2) is 33.2 Å². The zero-order valence-corrected chi connectivity index (χ0v) is 14.6. The van der Waals surface area contributed by atoms with Crippen molar-refractivity contribution >= 4 is 18.3 Å². The van der Waals surface area contributed by atoms with Gasteiger partial charge in [0.15, 0.2) is 11.5 Å². The van der Waals surface area contributed by atoms with Crippen LogP contribution in [0.5, 0.6) is 11.5 Å². The Kier molecular flexibility index (Phi) is 8.90. The van der Waals surface area contributed by atoms with E-state index >= 15 is 0 Å². The lowest BCUT2D eigenvalue weighted by molar-refractivity contribution is -0.121. The highest BCUT2D eigenvalue weighted by molar-refractivity contribution is 5.85. The molecule has 0 aliphatic rings. The predicted octanol–water partition coefficient (Wildman–Crippen LogP) is 2.26. The maximum Gasteiger partial charge on any atom is 0.220 e. The predicted molar refractivity (Wildman–Crippen MR) is 91.1 cm³/mol. The molecule has 5 nitrogen and oxygen atoms in total. The fraction of sp³-hybridized carbons (Fsp3) is 0.562. The maximum absolute atomic E-state index is 11.7. The number of carbonyl (C=O) groups is 1. The maximum atomic E-state index is 11.7. The molecule has 0 aliphatic carbocycles. The van der Waals surface area contributed by atoms with Crippen LogP contribution in [0.3, 0.4) is 0 Å². The van der Waals surface area contributed by atoms with Crippen LogP contribution in [0.4, 0.5) is 0 Å². The quantitative estimate of drug-likeness (QED) is 0.766. The highest BCUT2D eigenvalue weighted by atomic mass is 35.5. The van der Waals surface area contributed by atoms with Gasteiger partial charge in [0.2, 0.25) is 5.91 Å². The molecular formula is C16H27ClN2O3. The summed E-state index contributed by atoms with van der Waals surface area (Å²) in [7, 11) is 3.23. The number of amides is 1. The average Bonchev–Trinajstić information content (AvgIpc) is 2.50. The average molecular weight is 331 g/mol. The summed E-state index contributed by atoms with van der Waals surface area (Å²) < 4.78 is 10.6. The molecule has 1 aromatic carbocycles. The zero-order chi connectivity index (χ0) is 15.9. The van der Waals surface area contributed by atoms with E-state index in [4.69, 9.17) is 15.2 Å². The van der Waals surface area contributed by atoms with Gasteiger partial charge in [-0.25, -0.2) is 0 Å². The van der Waals surface area contributed by atoms with E-state index in [2.05, 4.69) is 19.2 Å². The molecule has 3 N–H and O–H groups in total. The lowest BCUT2D eigenvalue weighted by Gasteiger charge is -2.26. The number of nitrogens with two attached hydrogens (primary N) is 1. The lowest BCUT2D eigenvalue weighted by Crippen LogP contribution is -2.36. The smallest absolute Gasteiger partial charge is 0.220 e. The van der Waals surface area contributed by atoms with Crippen molar-refractivity contribution in [3.8, 4) is 11.5 Å². The molecule has 0 aromatic heterocycles. The summed E-state index contributed by atoms with van der Waals surface area (Å²) in [6.45, 7) is 5.26. The molecule has 0 saturated carbocycles. The number of benzene rings is 1. The first-order chi connectivity index (χ1) is 9.94. The second-order valence-corrected chi connectivity index (χ2v) is 5.62. The van der Waals surface area contributed by atoms with Crippen molar-refractivity contribution in [2.75, 3.05) is 27.3 Å². The minimum atomic E-state index is -0.197. The Labute approximate surface area is 139 Å². The number of hydrogen-bond donors (Lipinski definition) is 2. The van der Waals surface area contributed by atoms with E-state index in [1.54, 1.807) is 14.2 Å². The first-order valence-corrected chi connectivity index (χ1v) is 7.14. The molecule has 22 heavy (non-hydrogen) atoms. The minimum Gasteiger partial charge on any atom is -0.493 e. The largest absolute Gasteiger partial charge is 0.493 e. The van der Waals surface area contributed by atoms with E-state index in [1.807, 2.05) is 18.2 Å². The molecule has 0 radical (unpaired) electrons. The van der Waals surface area contributed by atoms with Gasteiger partial charge < -0.3 is 20.5 Å². The summed E-state index contributed by atoms with van der Waals surface area (Å²) in [4.78, 5) is 11.7. The van der Waals surface area contributed by atoms with E-state index in [0.717, 1.165) is 5.56 Å². The molecule has 0 spiro atoms. The van der Waals surface area contributed by atoms with E-state index < -0.39 is 0 Å². The summed E-state index contributed by atoms with van der Waals surface area (Å²) in [5, 5.41) is 2.96. The van der Waals surface area contributed by atoms with Gasteiger partial charge in [0, 0.05) is 18.4 Å². The molecule has 0 saturated heterocycles. The number of carbonyl (C=O) groups excluding carboxylic acids is 1. The molecule has 126 valence electrons. The molecule has 1 aromatic rings. The van der Waals surface area contributed by atoms with Crippen LogP contribution >= 0.6 is 12.4 Å². The Morgan fingerprint density at radius 1 is 1.23 bits per heavy atom. The SMILES string of the molecule is COc1ccc(C(C)(C)CNC(=O)CCCN)cc1OC.Cl. The second-order valence-electron chi connectivity index (χ2n) is 5.62. The van der Waals surface area contributed by atoms with Gasteiger partial charge in [-0.15, -0.1) is 12.4 Å². The van der Waals surface area contributed by atoms with Crippen LogP contribution in [-0.2, 0) is 10.2 Å².